The van der Waals surface area contributed by atoms with E-state index in [2.05, 4.69) is 10.6 Å². The van der Waals surface area contributed by atoms with Crippen LogP contribution >= 0.6 is 0 Å². The van der Waals surface area contributed by atoms with Crippen molar-refractivity contribution in [1.82, 2.24) is 10.6 Å². The van der Waals surface area contributed by atoms with E-state index in [0.717, 1.165) is 24.9 Å². The van der Waals surface area contributed by atoms with Crippen LogP contribution in [0.25, 0.3) is 0 Å². The summed E-state index contributed by atoms with van der Waals surface area (Å²) in [5.74, 6) is 2.26. The highest BCUT2D eigenvalue weighted by Gasteiger charge is 2.31. The number of hydrogen-bond acceptors (Lipinski definition) is 2. The fourth-order valence-electron chi connectivity index (χ4n) is 3.72. The second-order valence-electron chi connectivity index (χ2n) is 6.71. The van der Waals surface area contributed by atoms with Crippen LogP contribution in [0, 0.1) is 17.8 Å². The van der Waals surface area contributed by atoms with Crippen molar-refractivity contribution in [2.24, 2.45) is 17.8 Å². The zero-order valence-corrected chi connectivity index (χ0v) is 12.6. The quantitative estimate of drug-likeness (QED) is 0.751. The molecule has 2 aliphatic rings. The van der Waals surface area contributed by atoms with E-state index in [1.165, 1.54) is 44.9 Å². The lowest BCUT2D eigenvalue weighted by molar-refractivity contribution is -0.123. The Morgan fingerprint density at radius 2 is 1.79 bits per heavy atom. The second-order valence-corrected chi connectivity index (χ2v) is 6.71. The SMILES string of the molecule is CC(C)C(=O)NCCNC1CCC2CCCCC2C1. The second kappa shape index (κ2) is 7.28. The molecule has 0 spiro atoms. The molecular formula is C16H30N2O. The summed E-state index contributed by atoms with van der Waals surface area (Å²) in [6.45, 7) is 5.56. The number of carbonyl (C=O) groups excluding carboxylic acids is 1. The molecule has 0 bridgehead atoms. The third-order valence-electron chi connectivity index (χ3n) is 4.92. The molecule has 3 heteroatoms. The molecule has 2 saturated carbocycles. The van der Waals surface area contributed by atoms with Gasteiger partial charge in [-0.15, -0.1) is 0 Å². The molecule has 1 amide bonds. The molecule has 0 aromatic rings. The molecule has 0 aliphatic heterocycles. The van der Waals surface area contributed by atoms with E-state index in [9.17, 15) is 4.79 Å². The molecule has 0 aromatic carbocycles. The molecule has 0 saturated heterocycles. The zero-order chi connectivity index (χ0) is 13.7. The Labute approximate surface area is 117 Å². The molecular weight excluding hydrogens is 236 g/mol. The summed E-state index contributed by atoms with van der Waals surface area (Å²) in [6.07, 6.45) is 9.94. The maximum atomic E-state index is 11.4. The van der Waals surface area contributed by atoms with Crippen molar-refractivity contribution in [2.45, 2.75) is 64.8 Å². The fraction of sp³-hybridized carbons (Fsp3) is 0.938. The van der Waals surface area contributed by atoms with Crippen LogP contribution in [0.1, 0.15) is 58.8 Å². The Hall–Kier alpha value is -0.570. The van der Waals surface area contributed by atoms with Crippen molar-refractivity contribution >= 4 is 5.91 Å². The van der Waals surface area contributed by atoms with Gasteiger partial charge in [0.05, 0.1) is 0 Å². The topological polar surface area (TPSA) is 41.1 Å². The molecule has 0 radical (unpaired) electrons. The smallest absolute Gasteiger partial charge is 0.222 e. The minimum atomic E-state index is 0.0951. The first-order valence-corrected chi connectivity index (χ1v) is 8.18. The van der Waals surface area contributed by atoms with Gasteiger partial charge in [0.1, 0.15) is 0 Å². The highest BCUT2D eigenvalue weighted by molar-refractivity contribution is 5.77. The Balaban J connectivity index is 1.60. The van der Waals surface area contributed by atoms with Gasteiger partial charge in [-0.2, -0.15) is 0 Å². The lowest BCUT2D eigenvalue weighted by atomic mass is 9.69. The van der Waals surface area contributed by atoms with Crippen molar-refractivity contribution in [3.63, 3.8) is 0 Å². The van der Waals surface area contributed by atoms with Gasteiger partial charge >= 0.3 is 0 Å². The maximum Gasteiger partial charge on any atom is 0.222 e. The van der Waals surface area contributed by atoms with E-state index < -0.39 is 0 Å². The predicted molar refractivity (Wildman–Crippen MR) is 78.9 cm³/mol. The van der Waals surface area contributed by atoms with E-state index in [1.807, 2.05) is 13.8 Å². The predicted octanol–water partition coefficient (Wildman–Crippen LogP) is 2.71. The van der Waals surface area contributed by atoms with Gasteiger partial charge in [-0.05, 0) is 31.1 Å². The molecule has 2 fully saturated rings. The van der Waals surface area contributed by atoms with Crippen LogP contribution in [-0.4, -0.2) is 25.0 Å². The van der Waals surface area contributed by atoms with Crippen LogP contribution in [-0.2, 0) is 4.79 Å². The number of fused-ring (bicyclic) bond motifs is 1. The van der Waals surface area contributed by atoms with Gasteiger partial charge in [-0.25, -0.2) is 0 Å². The van der Waals surface area contributed by atoms with E-state index in [4.69, 9.17) is 0 Å². The van der Waals surface area contributed by atoms with Crippen molar-refractivity contribution in [3.05, 3.63) is 0 Å². The average Bonchev–Trinajstić information content (AvgIpc) is 2.43. The van der Waals surface area contributed by atoms with Gasteiger partial charge < -0.3 is 10.6 Å². The molecule has 2 N–H and O–H groups in total. The Bertz CT molecular complexity index is 290. The third kappa shape index (κ3) is 4.48. The summed E-state index contributed by atoms with van der Waals surface area (Å²) >= 11 is 0. The van der Waals surface area contributed by atoms with Gasteiger partial charge in [-0.3, -0.25) is 4.79 Å². The number of carbonyl (C=O) groups is 1. The number of rotatable bonds is 5. The minimum Gasteiger partial charge on any atom is -0.355 e. The van der Waals surface area contributed by atoms with Crippen LogP contribution in [0.15, 0.2) is 0 Å². The van der Waals surface area contributed by atoms with E-state index in [-0.39, 0.29) is 11.8 Å². The number of nitrogens with one attached hydrogen (secondary N) is 2. The maximum absolute atomic E-state index is 11.4. The van der Waals surface area contributed by atoms with Crippen LogP contribution in [0.5, 0.6) is 0 Å². The molecule has 3 atom stereocenters. The van der Waals surface area contributed by atoms with Gasteiger partial charge in [0.2, 0.25) is 5.91 Å². The molecule has 0 aromatic heterocycles. The van der Waals surface area contributed by atoms with E-state index in [1.54, 1.807) is 0 Å². The van der Waals surface area contributed by atoms with Crippen LogP contribution in [0.3, 0.4) is 0 Å². The Morgan fingerprint density at radius 1 is 1.05 bits per heavy atom. The average molecular weight is 266 g/mol. The van der Waals surface area contributed by atoms with Crippen molar-refractivity contribution in [2.75, 3.05) is 13.1 Å². The monoisotopic (exact) mass is 266 g/mol. The first-order chi connectivity index (χ1) is 9.16. The molecule has 110 valence electrons. The van der Waals surface area contributed by atoms with E-state index >= 15 is 0 Å². The van der Waals surface area contributed by atoms with Gasteiger partial charge in [0, 0.05) is 25.0 Å². The van der Waals surface area contributed by atoms with Gasteiger partial charge in [0.15, 0.2) is 0 Å². The molecule has 19 heavy (non-hydrogen) atoms. The lowest BCUT2D eigenvalue weighted by Gasteiger charge is -2.39. The fourth-order valence-corrected chi connectivity index (χ4v) is 3.72. The first kappa shape index (κ1) is 14.8. The number of amides is 1. The van der Waals surface area contributed by atoms with Gasteiger partial charge in [0.25, 0.3) is 0 Å². The van der Waals surface area contributed by atoms with E-state index in [0.29, 0.717) is 6.04 Å². The summed E-state index contributed by atoms with van der Waals surface area (Å²) < 4.78 is 0. The summed E-state index contributed by atoms with van der Waals surface area (Å²) in [4.78, 5) is 11.4. The first-order valence-electron chi connectivity index (χ1n) is 8.18. The minimum absolute atomic E-state index is 0.0951. The largest absolute Gasteiger partial charge is 0.355 e. The number of hydrogen-bond donors (Lipinski definition) is 2. The highest BCUT2D eigenvalue weighted by Crippen LogP contribution is 2.40. The third-order valence-corrected chi connectivity index (χ3v) is 4.92. The lowest BCUT2D eigenvalue weighted by Crippen LogP contribution is -2.42. The molecule has 0 heterocycles. The highest BCUT2D eigenvalue weighted by atomic mass is 16.1. The Kier molecular flexibility index (Phi) is 5.68. The van der Waals surface area contributed by atoms with Crippen LogP contribution in [0.2, 0.25) is 0 Å². The molecule has 3 unspecified atom stereocenters. The summed E-state index contributed by atoms with van der Waals surface area (Å²) in [6, 6.07) is 0.690. The van der Waals surface area contributed by atoms with Crippen molar-refractivity contribution in [3.8, 4) is 0 Å². The molecule has 2 rings (SSSR count). The summed E-state index contributed by atoms with van der Waals surface area (Å²) in [5, 5.41) is 6.61. The van der Waals surface area contributed by atoms with Crippen molar-refractivity contribution in [1.29, 1.82) is 0 Å². The van der Waals surface area contributed by atoms with Crippen LogP contribution < -0.4 is 10.6 Å². The molecule has 3 nitrogen and oxygen atoms in total. The summed E-state index contributed by atoms with van der Waals surface area (Å²) in [7, 11) is 0. The van der Waals surface area contributed by atoms with Crippen molar-refractivity contribution < 1.29 is 4.79 Å². The normalized spacial score (nSPS) is 31.0. The molecule has 2 aliphatic carbocycles. The summed E-state index contributed by atoms with van der Waals surface area (Å²) in [5.41, 5.74) is 0. The van der Waals surface area contributed by atoms with Gasteiger partial charge in [-0.1, -0.05) is 39.5 Å². The zero-order valence-electron chi connectivity index (χ0n) is 12.6. The Morgan fingerprint density at radius 3 is 2.53 bits per heavy atom. The standard InChI is InChI=1S/C16H30N2O/c1-12(2)16(19)18-10-9-17-15-8-7-13-5-3-4-6-14(13)11-15/h12-15,17H,3-11H2,1-2H3,(H,18,19). The van der Waals surface area contributed by atoms with Crippen LogP contribution in [0.4, 0.5) is 0 Å².